The first kappa shape index (κ1) is 19.4. The molecule has 0 heterocycles. The van der Waals surface area contributed by atoms with Crippen LogP contribution in [0, 0.1) is 11.3 Å². The standard InChI is InChI=1S/C22H22N2O4/c1-14(21(25)24-19-9-8-17-4-3-5-18(17)12-19)28-22(26)15(2)27-20-10-6-16(13-23)7-11-20/h6-12,14-15H,3-5H2,1-2H3,(H,24,25)/t14-,15+/m0/s1. The second-order valence-electron chi connectivity index (χ2n) is 6.80. The lowest BCUT2D eigenvalue weighted by atomic mass is 10.1. The maximum atomic E-state index is 12.3. The number of aryl methyl sites for hydroxylation is 2. The summed E-state index contributed by atoms with van der Waals surface area (Å²) in [6, 6.07) is 14.3. The van der Waals surface area contributed by atoms with E-state index in [1.54, 1.807) is 31.2 Å². The molecule has 0 fully saturated rings. The highest BCUT2D eigenvalue weighted by atomic mass is 16.6. The molecule has 0 bridgehead atoms. The lowest BCUT2D eigenvalue weighted by Crippen LogP contribution is -2.35. The highest BCUT2D eigenvalue weighted by Crippen LogP contribution is 2.25. The van der Waals surface area contributed by atoms with Crippen LogP contribution in [0.1, 0.15) is 37.0 Å². The SMILES string of the molecule is C[C@H](OC(=O)[C@@H](C)Oc1ccc(C#N)cc1)C(=O)Nc1ccc2c(c1)CCC2. The number of hydrogen-bond acceptors (Lipinski definition) is 5. The first-order valence-electron chi connectivity index (χ1n) is 9.26. The van der Waals surface area contributed by atoms with Gasteiger partial charge in [0.15, 0.2) is 12.2 Å². The molecular weight excluding hydrogens is 356 g/mol. The van der Waals surface area contributed by atoms with Crippen molar-refractivity contribution in [2.24, 2.45) is 0 Å². The van der Waals surface area contributed by atoms with Crippen molar-refractivity contribution in [2.75, 3.05) is 5.32 Å². The number of nitrogens with one attached hydrogen (secondary N) is 1. The second-order valence-corrected chi connectivity index (χ2v) is 6.80. The summed E-state index contributed by atoms with van der Waals surface area (Å²) in [6.07, 6.45) is 1.40. The third kappa shape index (κ3) is 4.68. The van der Waals surface area contributed by atoms with E-state index >= 15 is 0 Å². The Labute approximate surface area is 164 Å². The van der Waals surface area contributed by atoms with Crippen LogP contribution in [0.15, 0.2) is 42.5 Å². The van der Waals surface area contributed by atoms with Crippen LogP contribution >= 0.6 is 0 Å². The van der Waals surface area contributed by atoms with E-state index in [1.165, 1.54) is 18.1 Å². The number of carbonyl (C=O) groups is 2. The molecule has 0 spiro atoms. The number of nitrogens with zero attached hydrogens (tertiary/aromatic N) is 1. The van der Waals surface area contributed by atoms with E-state index < -0.39 is 24.1 Å². The molecule has 6 nitrogen and oxygen atoms in total. The number of benzene rings is 2. The van der Waals surface area contributed by atoms with Crippen LogP contribution < -0.4 is 10.1 Å². The molecule has 144 valence electrons. The Morgan fingerprint density at radius 3 is 2.46 bits per heavy atom. The molecule has 2 atom stereocenters. The fraction of sp³-hybridized carbons (Fsp3) is 0.318. The molecule has 1 aliphatic rings. The number of ether oxygens (including phenoxy) is 2. The van der Waals surface area contributed by atoms with Gasteiger partial charge in [-0.15, -0.1) is 0 Å². The van der Waals surface area contributed by atoms with Gasteiger partial charge < -0.3 is 14.8 Å². The van der Waals surface area contributed by atoms with Crippen molar-refractivity contribution in [1.29, 1.82) is 5.26 Å². The molecule has 1 amide bonds. The van der Waals surface area contributed by atoms with E-state index in [4.69, 9.17) is 14.7 Å². The Kier molecular flexibility index (Phi) is 5.95. The van der Waals surface area contributed by atoms with Crippen LogP contribution in [0.5, 0.6) is 5.75 Å². The number of carbonyl (C=O) groups excluding carboxylic acids is 2. The average Bonchev–Trinajstić information content (AvgIpc) is 3.16. The van der Waals surface area contributed by atoms with Crippen LogP contribution in [0.3, 0.4) is 0 Å². The lowest BCUT2D eigenvalue weighted by molar-refractivity contribution is -0.159. The molecule has 0 aromatic heterocycles. The summed E-state index contributed by atoms with van der Waals surface area (Å²) >= 11 is 0. The highest BCUT2D eigenvalue weighted by molar-refractivity contribution is 5.95. The number of anilines is 1. The van der Waals surface area contributed by atoms with Crippen LogP contribution in [-0.4, -0.2) is 24.1 Å². The van der Waals surface area contributed by atoms with Crippen LogP contribution in [0.25, 0.3) is 0 Å². The normalized spacial score (nSPS) is 14.3. The van der Waals surface area contributed by atoms with Crippen LogP contribution in [-0.2, 0) is 27.2 Å². The largest absolute Gasteiger partial charge is 0.479 e. The molecule has 1 aliphatic carbocycles. The fourth-order valence-electron chi connectivity index (χ4n) is 3.08. The first-order valence-corrected chi connectivity index (χ1v) is 9.26. The summed E-state index contributed by atoms with van der Waals surface area (Å²) in [6.45, 7) is 3.07. The minimum atomic E-state index is -0.951. The van der Waals surface area contributed by atoms with E-state index in [-0.39, 0.29) is 0 Å². The predicted molar refractivity (Wildman–Crippen MR) is 104 cm³/mol. The van der Waals surface area contributed by atoms with E-state index in [0.717, 1.165) is 19.3 Å². The maximum absolute atomic E-state index is 12.3. The molecular formula is C22H22N2O4. The molecule has 1 N–H and O–H groups in total. The summed E-state index contributed by atoms with van der Waals surface area (Å²) < 4.78 is 10.7. The van der Waals surface area contributed by atoms with E-state index in [2.05, 4.69) is 5.32 Å². The second kappa shape index (κ2) is 8.57. The van der Waals surface area contributed by atoms with Crippen molar-refractivity contribution in [1.82, 2.24) is 0 Å². The van der Waals surface area contributed by atoms with Gasteiger partial charge in [-0.25, -0.2) is 4.79 Å². The van der Waals surface area contributed by atoms with Gasteiger partial charge in [0.25, 0.3) is 5.91 Å². The van der Waals surface area contributed by atoms with Gasteiger partial charge in [-0.1, -0.05) is 6.07 Å². The molecule has 0 saturated heterocycles. The molecule has 28 heavy (non-hydrogen) atoms. The molecule has 0 unspecified atom stereocenters. The predicted octanol–water partition coefficient (Wildman–Crippen LogP) is 3.38. The summed E-state index contributed by atoms with van der Waals surface area (Å²) in [5.74, 6) is -0.587. The molecule has 2 aromatic rings. The molecule has 0 radical (unpaired) electrons. The van der Waals surface area contributed by atoms with E-state index in [1.807, 2.05) is 24.3 Å². The molecule has 6 heteroatoms. The smallest absolute Gasteiger partial charge is 0.347 e. The minimum Gasteiger partial charge on any atom is -0.479 e. The Morgan fingerprint density at radius 1 is 1.04 bits per heavy atom. The van der Waals surface area contributed by atoms with Crippen LogP contribution in [0.2, 0.25) is 0 Å². The van der Waals surface area contributed by atoms with Gasteiger partial charge >= 0.3 is 5.97 Å². The Hall–Kier alpha value is -3.33. The number of hydrogen-bond donors (Lipinski definition) is 1. The van der Waals surface area contributed by atoms with Gasteiger partial charge in [-0.3, -0.25) is 4.79 Å². The molecule has 0 saturated carbocycles. The number of nitriles is 1. The van der Waals surface area contributed by atoms with Gasteiger partial charge in [-0.2, -0.15) is 5.26 Å². The third-order valence-corrected chi connectivity index (χ3v) is 4.66. The molecule has 2 aromatic carbocycles. The Morgan fingerprint density at radius 2 is 1.75 bits per heavy atom. The van der Waals surface area contributed by atoms with Crippen molar-refractivity contribution in [3.63, 3.8) is 0 Å². The number of amides is 1. The van der Waals surface area contributed by atoms with Gasteiger partial charge in [0.05, 0.1) is 11.6 Å². The minimum absolute atomic E-state index is 0.392. The topological polar surface area (TPSA) is 88.4 Å². The maximum Gasteiger partial charge on any atom is 0.347 e. The zero-order valence-electron chi connectivity index (χ0n) is 15.9. The van der Waals surface area contributed by atoms with Gasteiger partial charge in [0.2, 0.25) is 0 Å². The zero-order chi connectivity index (χ0) is 20.1. The molecule has 0 aliphatic heterocycles. The Bertz CT molecular complexity index is 915. The monoisotopic (exact) mass is 378 g/mol. The van der Waals surface area contributed by atoms with E-state index in [9.17, 15) is 9.59 Å². The number of fused-ring (bicyclic) bond motifs is 1. The highest BCUT2D eigenvalue weighted by Gasteiger charge is 2.23. The summed E-state index contributed by atoms with van der Waals surface area (Å²) in [5.41, 5.74) is 3.79. The summed E-state index contributed by atoms with van der Waals surface area (Å²) in [5, 5.41) is 11.6. The first-order chi connectivity index (χ1) is 13.5. The van der Waals surface area contributed by atoms with Crippen molar-refractivity contribution >= 4 is 17.6 Å². The lowest BCUT2D eigenvalue weighted by Gasteiger charge is -2.18. The fourth-order valence-corrected chi connectivity index (χ4v) is 3.08. The summed E-state index contributed by atoms with van der Waals surface area (Å²) in [4.78, 5) is 24.6. The zero-order valence-corrected chi connectivity index (χ0v) is 15.9. The molecule has 3 rings (SSSR count). The van der Waals surface area contributed by atoms with Gasteiger partial charge in [-0.05, 0) is 80.6 Å². The average molecular weight is 378 g/mol. The van der Waals surface area contributed by atoms with Gasteiger partial charge in [0, 0.05) is 5.69 Å². The quantitative estimate of drug-likeness (QED) is 0.779. The van der Waals surface area contributed by atoms with Crippen molar-refractivity contribution in [2.45, 2.75) is 45.3 Å². The van der Waals surface area contributed by atoms with Crippen molar-refractivity contribution in [3.05, 3.63) is 59.2 Å². The number of esters is 1. The van der Waals surface area contributed by atoms with Crippen LogP contribution in [0.4, 0.5) is 5.69 Å². The number of rotatable bonds is 6. The third-order valence-electron chi connectivity index (χ3n) is 4.66. The van der Waals surface area contributed by atoms with E-state index in [0.29, 0.717) is 17.0 Å². The van der Waals surface area contributed by atoms with Crippen molar-refractivity contribution in [3.8, 4) is 11.8 Å². The summed E-state index contributed by atoms with van der Waals surface area (Å²) in [7, 11) is 0. The van der Waals surface area contributed by atoms with Gasteiger partial charge in [0.1, 0.15) is 5.75 Å². The Balaban J connectivity index is 1.52. The van der Waals surface area contributed by atoms with Crippen molar-refractivity contribution < 1.29 is 19.1 Å².